The summed E-state index contributed by atoms with van der Waals surface area (Å²) in [5.41, 5.74) is 1.60. The largest absolute Gasteiger partial charge is 0.497 e. The first kappa shape index (κ1) is 20.5. The normalized spacial score (nSPS) is 11.7. The maximum Gasteiger partial charge on any atom is 0.319 e. The van der Waals surface area contributed by atoms with Gasteiger partial charge in [0.1, 0.15) is 12.4 Å². The number of aromatic nitrogens is 1. The van der Waals surface area contributed by atoms with Gasteiger partial charge in [-0.1, -0.05) is 26.0 Å². The molecule has 2 amide bonds. The molecule has 7 heteroatoms. The van der Waals surface area contributed by atoms with Crippen LogP contribution in [0.3, 0.4) is 0 Å². The molecule has 1 aromatic carbocycles. The summed E-state index contributed by atoms with van der Waals surface area (Å²) in [7, 11) is 3.24. The second-order valence-corrected chi connectivity index (χ2v) is 6.32. The second-order valence-electron chi connectivity index (χ2n) is 6.32. The number of methoxy groups -OCH3 is 2. The minimum Gasteiger partial charge on any atom is -0.497 e. The average molecular weight is 373 g/mol. The Morgan fingerprint density at radius 1 is 1.07 bits per heavy atom. The van der Waals surface area contributed by atoms with E-state index in [0.717, 1.165) is 11.3 Å². The van der Waals surface area contributed by atoms with Gasteiger partial charge in [0.05, 0.1) is 31.6 Å². The molecule has 2 aromatic rings. The summed E-state index contributed by atoms with van der Waals surface area (Å²) in [6.07, 6.45) is 1.56. The van der Waals surface area contributed by atoms with Crippen molar-refractivity contribution in [2.24, 2.45) is 5.92 Å². The van der Waals surface area contributed by atoms with Crippen LogP contribution in [0.5, 0.6) is 11.6 Å². The molecule has 0 fully saturated rings. The average Bonchev–Trinajstić information content (AvgIpc) is 2.67. The molecule has 0 aliphatic carbocycles. The summed E-state index contributed by atoms with van der Waals surface area (Å²) in [5, 5.41) is 5.81. The molecular weight excluding hydrogens is 346 g/mol. The highest BCUT2D eigenvalue weighted by Gasteiger charge is 2.18. The standard InChI is InChI=1S/C20H27N3O4/c1-14(2)19(15-5-8-17(26-4)9-6-15)23-20(24)22-16-7-10-18(21-13-16)27-12-11-25-3/h5-10,13-14,19H,11-12H2,1-4H3,(H2,22,23,24). The summed E-state index contributed by atoms with van der Waals surface area (Å²) in [6, 6.07) is 10.7. The van der Waals surface area contributed by atoms with E-state index < -0.39 is 0 Å². The predicted molar refractivity (Wildman–Crippen MR) is 104 cm³/mol. The van der Waals surface area contributed by atoms with Crippen LogP contribution in [0.15, 0.2) is 42.6 Å². The molecule has 0 aliphatic heterocycles. The van der Waals surface area contributed by atoms with Crippen molar-refractivity contribution in [3.05, 3.63) is 48.2 Å². The summed E-state index contributed by atoms with van der Waals surface area (Å²) < 4.78 is 15.5. The molecule has 1 unspecified atom stereocenters. The number of carbonyl (C=O) groups excluding carboxylic acids is 1. The van der Waals surface area contributed by atoms with E-state index in [-0.39, 0.29) is 18.0 Å². The van der Waals surface area contributed by atoms with Crippen molar-refractivity contribution in [3.63, 3.8) is 0 Å². The molecule has 2 rings (SSSR count). The van der Waals surface area contributed by atoms with Crippen molar-refractivity contribution in [2.75, 3.05) is 32.8 Å². The summed E-state index contributed by atoms with van der Waals surface area (Å²) in [5.74, 6) is 1.49. The van der Waals surface area contributed by atoms with E-state index in [0.29, 0.717) is 24.8 Å². The van der Waals surface area contributed by atoms with Crippen molar-refractivity contribution < 1.29 is 19.0 Å². The molecule has 7 nitrogen and oxygen atoms in total. The van der Waals surface area contributed by atoms with Gasteiger partial charge >= 0.3 is 6.03 Å². The van der Waals surface area contributed by atoms with Crippen molar-refractivity contribution >= 4 is 11.7 Å². The Kier molecular flexibility index (Phi) is 7.88. The van der Waals surface area contributed by atoms with Gasteiger partial charge in [0, 0.05) is 13.2 Å². The smallest absolute Gasteiger partial charge is 0.319 e. The zero-order valence-electron chi connectivity index (χ0n) is 16.2. The Labute approximate surface area is 160 Å². The van der Waals surface area contributed by atoms with Crippen LogP contribution in [-0.2, 0) is 4.74 Å². The molecule has 1 aromatic heterocycles. The van der Waals surface area contributed by atoms with Crippen LogP contribution in [0, 0.1) is 5.92 Å². The molecule has 0 spiro atoms. The van der Waals surface area contributed by atoms with Crippen molar-refractivity contribution in [1.82, 2.24) is 10.3 Å². The third-order valence-corrected chi connectivity index (χ3v) is 3.96. The van der Waals surface area contributed by atoms with Gasteiger partial charge in [0.2, 0.25) is 5.88 Å². The van der Waals surface area contributed by atoms with Gasteiger partial charge in [-0.25, -0.2) is 9.78 Å². The van der Waals surface area contributed by atoms with Crippen LogP contribution in [0.1, 0.15) is 25.5 Å². The minimum atomic E-state index is -0.292. The third kappa shape index (κ3) is 6.45. The van der Waals surface area contributed by atoms with E-state index in [2.05, 4.69) is 29.5 Å². The van der Waals surface area contributed by atoms with Crippen LogP contribution >= 0.6 is 0 Å². The lowest BCUT2D eigenvalue weighted by molar-refractivity contribution is 0.144. The highest BCUT2D eigenvalue weighted by atomic mass is 16.5. The molecule has 2 N–H and O–H groups in total. The Hall–Kier alpha value is -2.80. The summed E-state index contributed by atoms with van der Waals surface area (Å²) in [6.45, 7) is 5.03. The molecule has 27 heavy (non-hydrogen) atoms. The predicted octanol–water partition coefficient (Wildman–Crippen LogP) is 3.63. The first-order chi connectivity index (χ1) is 13.0. The van der Waals surface area contributed by atoms with Gasteiger partial charge in [-0.15, -0.1) is 0 Å². The maximum atomic E-state index is 12.4. The first-order valence-electron chi connectivity index (χ1n) is 8.82. The lowest BCUT2D eigenvalue weighted by Gasteiger charge is -2.23. The summed E-state index contributed by atoms with van der Waals surface area (Å²) >= 11 is 0. The van der Waals surface area contributed by atoms with Gasteiger partial charge in [-0.3, -0.25) is 0 Å². The number of urea groups is 1. The molecule has 0 aliphatic rings. The Morgan fingerprint density at radius 2 is 1.81 bits per heavy atom. The number of carbonyl (C=O) groups is 1. The van der Waals surface area contributed by atoms with E-state index in [1.165, 1.54) is 0 Å². The van der Waals surface area contributed by atoms with Crippen LogP contribution in [-0.4, -0.2) is 38.4 Å². The van der Waals surface area contributed by atoms with E-state index in [4.69, 9.17) is 14.2 Å². The topological polar surface area (TPSA) is 81.7 Å². The van der Waals surface area contributed by atoms with E-state index >= 15 is 0 Å². The second kappa shape index (κ2) is 10.4. The fourth-order valence-corrected chi connectivity index (χ4v) is 2.52. The molecule has 0 saturated carbocycles. The SMILES string of the molecule is COCCOc1ccc(NC(=O)NC(c2ccc(OC)cc2)C(C)C)cn1. The third-order valence-electron chi connectivity index (χ3n) is 3.96. The number of pyridine rings is 1. The number of ether oxygens (including phenoxy) is 3. The van der Waals surface area contributed by atoms with Gasteiger partial charge in [-0.05, 0) is 29.7 Å². The van der Waals surface area contributed by atoms with Gasteiger partial charge in [0.15, 0.2) is 0 Å². The lowest BCUT2D eigenvalue weighted by Crippen LogP contribution is -2.35. The number of amides is 2. The molecule has 1 heterocycles. The van der Waals surface area contributed by atoms with Crippen LogP contribution in [0.2, 0.25) is 0 Å². The fourth-order valence-electron chi connectivity index (χ4n) is 2.52. The first-order valence-corrected chi connectivity index (χ1v) is 8.82. The number of rotatable bonds is 9. The molecule has 0 bridgehead atoms. The van der Waals surface area contributed by atoms with E-state index in [1.807, 2.05) is 24.3 Å². The highest BCUT2D eigenvalue weighted by Crippen LogP contribution is 2.24. The van der Waals surface area contributed by atoms with Crippen molar-refractivity contribution in [1.29, 1.82) is 0 Å². The fraction of sp³-hybridized carbons (Fsp3) is 0.400. The quantitative estimate of drug-likeness (QED) is 0.656. The zero-order valence-corrected chi connectivity index (χ0v) is 16.2. The van der Waals surface area contributed by atoms with Crippen molar-refractivity contribution in [2.45, 2.75) is 19.9 Å². The number of benzene rings is 1. The number of nitrogens with zero attached hydrogens (tertiary/aromatic N) is 1. The van der Waals surface area contributed by atoms with Gasteiger partial charge < -0.3 is 24.8 Å². The van der Waals surface area contributed by atoms with Gasteiger partial charge in [0.25, 0.3) is 0 Å². The molecule has 0 radical (unpaired) electrons. The maximum absolute atomic E-state index is 12.4. The summed E-state index contributed by atoms with van der Waals surface area (Å²) in [4.78, 5) is 16.6. The number of hydrogen-bond acceptors (Lipinski definition) is 5. The highest BCUT2D eigenvalue weighted by molar-refractivity contribution is 5.89. The molecular formula is C20H27N3O4. The monoisotopic (exact) mass is 373 g/mol. The van der Waals surface area contributed by atoms with E-state index in [9.17, 15) is 4.79 Å². The van der Waals surface area contributed by atoms with Crippen LogP contribution < -0.4 is 20.1 Å². The Bertz CT molecular complexity index is 702. The van der Waals surface area contributed by atoms with Crippen LogP contribution in [0.25, 0.3) is 0 Å². The van der Waals surface area contributed by atoms with Crippen molar-refractivity contribution in [3.8, 4) is 11.6 Å². The van der Waals surface area contributed by atoms with Crippen LogP contribution in [0.4, 0.5) is 10.5 Å². The number of hydrogen-bond donors (Lipinski definition) is 2. The molecule has 0 saturated heterocycles. The molecule has 1 atom stereocenters. The number of anilines is 1. The Balaban J connectivity index is 1.95. The van der Waals surface area contributed by atoms with E-state index in [1.54, 1.807) is 32.5 Å². The number of nitrogens with one attached hydrogen (secondary N) is 2. The van der Waals surface area contributed by atoms with Gasteiger partial charge in [-0.2, -0.15) is 0 Å². The minimum absolute atomic E-state index is 0.125. The molecule has 146 valence electrons. The zero-order chi connectivity index (χ0) is 19.6. The lowest BCUT2D eigenvalue weighted by atomic mass is 9.96. The Morgan fingerprint density at radius 3 is 2.37 bits per heavy atom.